The third-order valence-electron chi connectivity index (χ3n) is 2.84. The molecule has 0 radical (unpaired) electrons. The van der Waals surface area contributed by atoms with Crippen molar-refractivity contribution >= 4 is 27.5 Å². The van der Waals surface area contributed by atoms with Crippen LogP contribution in [0.15, 0.2) is 46.9 Å². The van der Waals surface area contributed by atoms with Crippen LogP contribution in [0.1, 0.15) is 5.56 Å². The molecule has 0 saturated heterocycles. The van der Waals surface area contributed by atoms with Crippen LogP contribution in [0.2, 0.25) is 5.02 Å². The number of H-pyrrole nitrogens is 1. The Bertz CT molecular complexity index is 731. The molecule has 7 heteroatoms. The Balaban J connectivity index is 1.73. The van der Waals surface area contributed by atoms with E-state index in [9.17, 15) is 0 Å². The lowest BCUT2D eigenvalue weighted by Gasteiger charge is -2.09. The molecule has 0 aliphatic heterocycles. The second-order valence-corrected chi connectivity index (χ2v) is 5.59. The molecule has 0 fully saturated rings. The highest BCUT2D eigenvalue weighted by Crippen LogP contribution is 2.29. The van der Waals surface area contributed by atoms with Gasteiger partial charge in [0, 0.05) is 10.6 Å². The quantitative estimate of drug-likeness (QED) is 0.762. The molecule has 1 heterocycles. The Morgan fingerprint density at radius 2 is 1.95 bits per heavy atom. The fourth-order valence-electron chi connectivity index (χ4n) is 1.78. The van der Waals surface area contributed by atoms with Crippen molar-refractivity contribution in [3.05, 3.63) is 57.5 Å². The van der Waals surface area contributed by atoms with Gasteiger partial charge in [-0.25, -0.2) is 0 Å². The largest absolute Gasteiger partial charge is 0.488 e. The van der Waals surface area contributed by atoms with Crippen LogP contribution < -0.4 is 4.74 Å². The van der Waals surface area contributed by atoms with Gasteiger partial charge in [-0.15, -0.1) is 10.2 Å². The van der Waals surface area contributed by atoms with E-state index in [1.807, 2.05) is 42.5 Å². The van der Waals surface area contributed by atoms with Crippen molar-refractivity contribution in [3.63, 3.8) is 0 Å². The highest BCUT2D eigenvalue weighted by molar-refractivity contribution is 9.10. The lowest BCUT2D eigenvalue weighted by molar-refractivity contribution is 0.304. The van der Waals surface area contributed by atoms with Gasteiger partial charge in [0.05, 0.1) is 4.47 Å². The second-order valence-electron chi connectivity index (χ2n) is 4.30. The zero-order valence-corrected chi connectivity index (χ0v) is 13.1. The minimum Gasteiger partial charge on any atom is -0.488 e. The first-order chi connectivity index (χ1) is 10.2. The molecule has 0 bridgehead atoms. The number of tetrazole rings is 1. The number of nitrogens with one attached hydrogen (secondary N) is 1. The average Bonchev–Trinajstić information content (AvgIpc) is 3.02. The number of rotatable bonds is 4. The highest BCUT2D eigenvalue weighted by atomic mass is 79.9. The van der Waals surface area contributed by atoms with Crippen molar-refractivity contribution in [1.82, 2.24) is 20.6 Å². The minimum atomic E-state index is 0.470. The average molecular weight is 366 g/mol. The molecule has 1 N–H and O–H groups in total. The molecule has 0 amide bonds. The van der Waals surface area contributed by atoms with Gasteiger partial charge in [0.15, 0.2) is 0 Å². The summed E-state index contributed by atoms with van der Waals surface area (Å²) in [4.78, 5) is 0. The van der Waals surface area contributed by atoms with Crippen LogP contribution in [-0.2, 0) is 6.61 Å². The fourth-order valence-corrected chi connectivity index (χ4v) is 2.40. The van der Waals surface area contributed by atoms with Crippen LogP contribution in [0.4, 0.5) is 0 Å². The molecule has 0 aliphatic rings. The topological polar surface area (TPSA) is 63.7 Å². The number of aromatic amines is 1. The summed E-state index contributed by atoms with van der Waals surface area (Å²) in [7, 11) is 0. The maximum atomic E-state index is 5.85. The summed E-state index contributed by atoms with van der Waals surface area (Å²) < 4.78 is 6.61. The van der Waals surface area contributed by atoms with E-state index in [0.717, 1.165) is 21.3 Å². The Labute approximate surface area is 134 Å². The number of hydrogen-bond acceptors (Lipinski definition) is 4. The predicted octanol–water partition coefficient (Wildman–Crippen LogP) is 3.86. The molecular weight excluding hydrogens is 356 g/mol. The van der Waals surface area contributed by atoms with Crippen LogP contribution >= 0.6 is 27.5 Å². The molecule has 0 atom stereocenters. The summed E-state index contributed by atoms with van der Waals surface area (Å²) in [6.07, 6.45) is 0. The lowest BCUT2D eigenvalue weighted by Crippen LogP contribution is -1.96. The lowest BCUT2D eigenvalue weighted by atomic mass is 10.2. The van der Waals surface area contributed by atoms with E-state index in [0.29, 0.717) is 17.5 Å². The summed E-state index contributed by atoms with van der Waals surface area (Å²) in [5.74, 6) is 1.29. The summed E-state index contributed by atoms with van der Waals surface area (Å²) in [6, 6.07) is 13.2. The zero-order valence-electron chi connectivity index (χ0n) is 10.8. The van der Waals surface area contributed by atoms with Crippen molar-refractivity contribution in [1.29, 1.82) is 0 Å². The molecule has 2 aromatic carbocycles. The number of aromatic nitrogens is 4. The van der Waals surface area contributed by atoms with Gasteiger partial charge in [-0.2, -0.15) is 5.21 Å². The second kappa shape index (κ2) is 6.24. The SMILES string of the molecule is Clc1ccc(COc2ccc(-c3nn[nH]n3)cc2Br)cc1. The van der Waals surface area contributed by atoms with Gasteiger partial charge in [-0.1, -0.05) is 23.7 Å². The Kier molecular flexibility index (Phi) is 4.17. The van der Waals surface area contributed by atoms with Crippen LogP contribution in [0.25, 0.3) is 11.4 Å². The number of ether oxygens (including phenoxy) is 1. The molecule has 106 valence electrons. The first-order valence-corrected chi connectivity index (χ1v) is 7.30. The summed E-state index contributed by atoms with van der Waals surface area (Å²) in [5, 5.41) is 14.6. The van der Waals surface area contributed by atoms with E-state index >= 15 is 0 Å². The van der Waals surface area contributed by atoms with Crippen LogP contribution in [0.3, 0.4) is 0 Å². The number of benzene rings is 2. The summed E-state index contributed by atoms with van der Waals surface area (Å²) in [6.45, 7) is 0.470. The van der Waals surface area contributed by atoms with Gasteiger partial charge < -0.3 is 4.74 Å². The number of halogens is 2. The molecule has 3 aromatic rings. The van der Waals surface area contributed by atoms with E-state index in [4.69, 9.17) is 16.3 Å². The molecule has 0 spiro atoms. The van der Waals surface area contributed by atoms with Crippen LogP contribution in [-0.4, -0.2) is 20.6 Å². The summed E-state index contributed by atoms with van der Waals surface area (Å²) in [5.41, 5.74) is 1.91. The molecular formula is C14H10BrClN4O. The maximum Gasteiger partial charge on any atom is 0.204 e. The van der Waals surface area contributed by atoms with Crippen LogP contribution in [0.5, 0.6) is 5.75 Å². The first-order valence-electron chi connectivity index (χ1n) is 6.13. The van der Waals surface area contributed by atoms with E-state index in [-0.39, 0.29) is 0 Å². The minimum absolute atomic E-state index is 0.470. The maximum absolute atomic E-state index is 5.85. The Morgan fingerprint density at radius 1 is 1.14 bits per heavy atom. The third kappa shape index (κ3) is 3.40. The van der Waals surface area contributed by atoms with Crippen molar-refractivity contribution in [3.8, 4) is 17.1 Å². The molecule has 3 rings (SSSR count). The number of nitrogens with zero attached hydrogens (tertiary/aromatic N) is 3. The van der Waals surface area contributed by atoms with E-state index in [1.54, 1.807) is 0 Å². The molecule has 0 saturated carbocycles. The third-order valence-corrected chi connectivity index (χ3v) is 3.71. The molecule has 0 aliphatic carbocycles. The van der Waals surface area contributed by atoms with Crippen molar-refractivity contribution < 1.29 is 4.74 Å². The van der Waals surface area contributed by atoms with Gasteiger partial charge in [0.1, 0.15) is 12.4 Å². The van der Waals surface area contributed by atoms with Crippen LogP contribution in [0, 0.1) is 0 Å². The standard InChI is InChI=1S/C14H10BrClN4O/c15-12-7-10(14-17-19-20-18-14)3-6-13(12)21-8-9-1-4-11(16)5-2-9/h1-7H,8H2,(H,17,18,19,20). The van der Waals surface area contributed by atoms with E-state index < -0.39 is 0 Å². The molecule has 21 heavy (non-hydrogen) atoms. The van der Waals surface area contributed by atoms with E-state index in [2.05, 4.69) is 36.6 Å². The first kappa shape index (κ1) is 14.0. The number of hydrogen-bond donors (Lipinski definition) is 1. The van der Waals surface area contributed by atoms with Gasteiger partial charge >= 0.3 is 0 Å². The van der Waals surface area contributed by atoms with Gasteiger partial charge in [0.25, 0.3) is 0 Å². The Hall–Kier alpha value is -1.92. The molecule has 0 unspecified atom stereocenters. The highest BCUT2D eigenvalue weighted by Gasteiger charge is 2.07. The zero-order chi connectivity index (χ0) is 14.7. The van der Waals surface area contributed by atoms with Crippen molar-refractivity contribution in [2.75, 3.05) is 0 Å². The van der Waals surface area contributed by atoms with Crippen molar-refractivity contribution in [2.45, 2.75) is 6.61 Å². The van der Waals surface area contributed by atoms with Gasteiger partial charge in [-0.05, 0) is 57.0 Å². The molecule has 5 nitrogen and oxygen atoms in total. The van der Waals surface area contributed by atoms with E-state index in [1.165, 1.54) is 0 Å². The fraction of sp³-hybridized carbons (Fsp3) is 0.0714. The van der Waals surface area contributed by atoms with Gasteiger partial charge in [0.2, 0.25) is 5.82 Å². The predicted molar refractivity (Wildman–Crippen MR) is 83.1 cm³/mol. The van der Waals surface area contributed by atoms with Gasteiger partial charge in [-0.3, -0.25) is 0 Å². The Morgan fingerprint density at radius 3 is 2.62 bits per heavy atom. The monoisotopic (exact) mass is 364 g/mol. The van der Waals surface area contributed by atoms with Crippen molar-refractivity contribution in [2.24, 2.45) is 0 Å². The summed E-state index contributed by atoms with van der Waals surface area (Å²) >= 11 is 9.34. The molecule has 1 aromatic heterocycles. The smallest absolute Gasteiger partial charge is 0.204 e. The normalized spacial score (nSPS) is 10.6.